The number of carbonyl (C=O) groups is 1. The number of hydrogen-bond acceptors (Lipinski definition) is 5. The molecule has 0 fully saturated rings. The third-order valence-electron chi connectivity index (χ3n) is 5.12. The average molecular weight is 431 g/mol. The van der Waals surface area contributed by atoms with Crippen LogP contribution in [0, 0.1) is 17.0 Å². The molecule has 0 aromatic heterocycles. The third kappa shape index (κ3) is 5.88. The summed E-state index contributed by atoms with van der Waals surface area (Å²) in [5, 5.41) is 11.6. The lowest BCUT2D eigenvalue weighted by Gasteiger charge is -2.22. The second kappa shape index (κ2) is 11.0. The fourth-order valence-corrected chi connectivity index (χ4v) is 3.54. The van der Waals surface area contributed by atoms with Crippen LogP contribution in [0.3, 0.4) is 0 Å². The molecule has 0 saturated heterocycles. The molecule has 0 amide bonds. The first-order valence-corrected chi connectivity index (χ1v) is 10.5. The van der Waals surface area contributed by atoms with Crippen molar-refractivity contribution in [1.82, 2.24) is 0 Å². The number of hydrogen-bond donors (Lipinski definition) is 0. The normalized spacial score (nSPS) is 12.4. The lowest BCUT2D eigenvalue weighted by molar-refractivity contribution is -0.483. The molecule has 0 spiro atoms. The zero-order valence-corrected chi connectivity index (χ0v) is 18.2. The van der Waals surface area contributed by atoms with Gasteiger partial charge in [-0.25, -0.2) is 4.79 Å². The van der Waals surface area contributed by atoms with E-state index in [2.05, 4.69) is 0 Å². The van der Waals surface area contributed by atoms with Crippen molar-refractivity contribution in [3.63, 3.8) is 0 Å². The highest BCUT2D eigenvalue weighted by atomic mass is 16.6. The zero-order valence-electron chi connectivity index (χ0n) is 18.2. The predicted octanol–water partition coefficient (Wildman–Crippen LogP) is 4.82. The number of ether oxygens (including phenoxy) is 1. The van der Waals surface area contributed by atoms with Crippen LogP contribution >= 0.6 is 0 Å². The largest absolute Gasteiger partial charge is 0.464 e. The van der Waals surface area contributed by atoms with Crippen molar-refractivity contribution in [2.45, 2.75) is 25.8 Å². The number of esters is 1. The second-order valence-electron chi connectivity index (χ2n) is 7.44. The summed E-state index contributed by atoms with van der Waals surface area (Å²) in [4.78, 5) is 29.0. The number of nitrogens with zero attached hydrogens (tertiary/aromatic N) is 2. The van der Waals surface area contributed by atoms with Crippen molar-refractivity contribution in [1.29, 1.82) is 0 Å². The lowest BCUT2D eigenvalue weighted by atomic mass is 9.90. The van der Waals surface area contributed by atoms with Gasteiger partial charge in [-0.2, -0.15) is 0 Å². The van der Waals surface area contributed by atoms with Gasteiger partial charge < -0.3 is 4.74 Å². The summed E-state index contributed by atoms with van der Waals surface area (Å²) in [6, 6.07) is 25.3. The minimum Gasteiger partial charge on any atom is -0.464 e. The van der Waals surface area contributed by atoms with Crippen molar-refractivity contribution in [3.8, 4) is 0 Å². The van der Waals surface area contributed by atoms with E-state index in [0.29, 0.717) is 11.3 Å². The van der Waals surface area contributed by atoms with E-state index in [-0.39, 0.29) is 6.61 Å². The molecule has 3 aromatic carbocycles. The molecular weight excluding hydrogens is 404 g/mol. The molecule has 3 rings (SSSR count). The van der Waals surface area contributed by atoms with Crippen LogP contribution in [0.25, 0.3) is 0 Å². The molecule has 6 heteroatoms. The summed E-state index contributed by atoms with van der Waals surface area (Å²) in [6.07, 6.45) is 0. The lowest BCUT2D eigenvalue weighted by Crippen LogP contribution is -2.34. The van der Waals surface area contributed by atoms with Gasteiger partial charge >= 0.3 is 5.97 Å². The number of nitro groups is 1. The fraction of sp³-hybridized carbons (Fsp3) is 0.231. The molecular formula is C26H26N2O4. The summed E-state index contributed by atoms with van der Waals surface area (Å²) in [6.45, 7) is 3.38. The van der Waals surface area contributed by atoms with Crippen LogP contribution in [0.15, 0.2) is 89.9 Å². The fourth-order valence-electron chi connectivity index (χ4n) is 3.54. The maximum Gasteiger partial charge on any atom is 0.331 e. The molecule has 32 heavy (non-hydrogen) atoms. The quantitative estimate of drug-likeness (QED) is 0.211. The molecule has 6 nitrogen and oxygen atoms in total. The number of aryl methyl sites for hydroxylation is 1. The van der Waals surface area contributed by atoms with Crippen molar-refractivity contribution in [3.05, 3.63) is 117 Å². The summed E-state index contributed by atoms with van der Waals surface area (Å²) in [7, 11) is 0. The first-order valence-electron chi connectivity index (χ1n) is 10.5. The van der Waals surface area contributed by atoms with Crippen LogP contribution in [0.2, 0.25) is 0 Å². The number of aliphatic imine (C=N–C) groups is 1. The molecule has 0 aliphatic heterocycles. The summed E-state index contributed by atoms with van der Waals surface area (Å²) < 4.78 is 5.32. The Morgan fingerprint density at radius 2 is 1.47 bits per heavy atom. The van der Waals surface area contributed by atoms with Crippen LogP contribution in [0.5, 0.6) is 0 Å². The van der Waals surface area contributed by atoms with Gasteiger partial charge in [0.15, 0.2) is 6.04 Å². The third-order valence-corrected chi connectivity index (χ3v) is 5.12. The summed E-state index contributed by atoms with van der Waals surface area (Å²) in [5.74, 6) is -1.35. The Hall–Kier alpha value is -3.80. The predicted molar refractivity (Wildman–Crippen MR) is 125 cm³/mol. The van der Waals surface area contributed by atoms with Gasteiger partial charge in [-0.3, -0.25) is 15.1 Å². The SMILES string of the molecule is CCOC(=O)C(N=C(c1ccccc1)c1ccccc1)C(C[N+](=O)[O-])c1ccc(C)cc1. The molecule has 2 atom stereocenters. The zero-order chi connectivity index (χ0) is 22.9. The Labute approximate surface area is 187 Å². The van der Waals surface area contributed by atoms with E-state index in [1.807, 2.05) is 91.9 Å². The van der Waals surface area contributed by atoms with Crippen LogP contribution < -0.4 is 0 Å². The average Bonchev–Trinajstić information content (AvgIpc) is 2.80. The Kier molecular flexibility index (Phi) is 7.86. The van der Waals surface area contributed by atoms with E-state index in [4.69, 9.17) is 9.73 Å². The van der Waals surface area contributed by atoms with Crippen LogP contribution in [0.4, 0.5) is 0 Å². The van der Waals surface area contributed by atoms with Gasteiger partial charge in [0.05, 0.1) is 18.2 Å². The molecule has 3 aromatic rings. The first-order chi connectivity index (χ1) is 15.5. The van der Waals surface area contributed by atoms with Crippen LogP contribution in [-0.4, -0.2) is 35.8 Å². The highest BCUT2D eigenvalue weighted by Gasteiger charge is 2.35. The van der Waals surface area contributed by atoms with Crippen molar-refractivity contribution in [2.75, 3.05) is 13.2 Å². The highest BCUT2D eigenvalue weighted by molar-refractivity contribution is 6.13. The molecule has 0 radical (unpaired) electrons. The summed E-state index contributed by atoms with van der Waals surface area (Å²) >= 11 is 0. The molecule has 0 bridgehead atoms. The van der Waals surface area contributed by atoms with Gasteiger partial charge in [-0.15, -0.1) is 0 Å². The smallest absolute Gasteiger partial charge is 0.331 e. The Bertz CT molecular complexity index is 1020. The van der Waals surface area contributed by atoms with E-state index in [1.54, 1.807) is 6.92 Å². The maximum atomic E-state index is 13.1. The van der Waals surface area contributed by atoms with E-state index in [9.17, 15) is 14.9 Å². The molecule has 0 N–H and O–H groups in total. The highest BCUT2D eigenvalue weighted by Crippen LogP contribution is 2.26. The maximum absolute atomic E-state index is 13.1. The van der Waals surface area contributed by atoms with Crippen molar-refractivity contribution < 1.29 is 14.5 Å². The van der Waals surface area contributed by atoms with Gasteiger partial charge in [-0.05, 0) is 19.4 Å². The van der Waals surface area contributed by atoms with Crippen molar-refractivity contribution in [2.24, 2.45) is 4.99 Å². The van der Waals surface area contributed by atoms with Gasteiger partial charge in [0.1, 0.15) is 0 Å². The van der Waals surface area contributed by atoms with E-state index < -0.39 is 29.4 Å². The topological polar surface area (TPSA) is 81.8 Å². The molecule has 164 valence electrons. The molecule has 0 saturated carbocycles. The molecule has 0 heterocycles. The van der Waals surface area contributed by atoms with Crippen molar-refractivity contribution >= 4 is 11.7 Å². The standard InChI is InChI=1S/C26H26N2O4/c1-3-32-26(29)25(23(18-28(30)31)20-16-14-19(2)15-17-20)27-24(21-10-6-4-7-11-21)22-12-8-5-9-13-22/h4-17,23,25H,3,18H2,1-2H3. The second-order valence-corrected chi connectivity index (χ2v) is 7.44. The first kappa shape index (κ1) is 22.9. The van der Waals surface area contributed by atoms with E-state index in [0.717, 1.165) is 16.7 Å². The summed E-state index contributed by atoms with van der Waals surface area (Å²) in [5.41, 5.74) is 3.92. The van der Waals surface area contributed by atoms with Gasteiger partial charge in [-0.1, -0.05) is 90.5 Å². The molecule has 0 aliphatic carbocycles. The van der Waals surface area contributed by atoms with E-state index >= 15 is 0 Å². The van der Waals surface area contributed by atoms with Gasteiger partial charge in [0.2, 0.25) is 6.54 Å². The number of carbonyl (C=O) groups excluding carboxylic acids is 1. The minimum atomic E-state index is -1.07. The molecule has 0 aliphatic rings. The van der Waals surface area contributed by atoms with E-state index in [1.165, 1.54) is 0 Å². The van der Waals surface area contributed by atoms with Gasteiger partial charge in [0, 0.05) is 16.1 Å². The Morgan fingerprint density at radius 3 is 1.94 bits per heavy atom. The van der Waals surface area contributed by atoms with Crippen LogP contribution in [0.1, 0.15) is 35.1 Å². The monoisotopic (exact) mass is 430 g/mol. The number of benzene rings is 3. The Morgan fingerprint density at radius 1 is 0.938 bits per heavy atom. The number of rotatable bonds is 9. The van der Waals surface area contributed by atoms with Gasteiger partial charge in [0.25, 0.3) is 0 Å². The minimum absolute atomic E-state index is 0.163. The Balaban J connectivity index is 2.18. The molecule has 2 unspecified atom stereocenters. The van der Waals surface area contributed by atoms with Crippen LogP contribution in [-0.2, 0) is 9.53 Å².